The largest absolute Gasteiger partial charge is 0.449 e. The molecule has 1 unspecified atom stereocenters. The molecule has 0 aliphatic carbocycles. The smallest absolute Gasteiger partial charge is 0.338 e. The monoisotopic (exact) mass is 413 g/mol. The molecule has 10 heteroatoms. The van der Waals surface area contributed by atoms with Gasteiger partial charge in [-0.1, -0.05) is 25.9 Å². The third kappa shape index (κ3) is 4.74. The van der Waals surface area contributed by atoms with Crippen molar-refractivity contribution in [1.82, 2.24) is 14.4 Å². The Morgan fingerprint density at radius 3 is 2.57 bits per heavy atom. The lowest BCUT2D eigenvalue weighted by atomic mass is 10.2. The van der Waals surface area contributed by atoms with Crippen molar-refractivity contribution >= 4 is 16.0 Å². The molecule has 1 atom stereocenters. The maximum absolute atomic E-state index is 14.2. The number of sulfonamides is 1. The van der Waals surface area contributed by atoms with Crippen LogP contribution in [0.1, 0.15) is 62.3 Å². The SMILES string of the molecule is CCCc1noc(C(C)OC(=O)c2ccc(F)c(S(=O)(=O)N(CC)CC)c2)n1. The van der Waals surface area contributed by atoms with Crippen molar-refractivity contribution in [2.24, 2.45) is 0 Å². The molecule has 0 saturated heterocycles. The molecule has 0 aliphatic rings. The van der Waals surface area contributed by atoms with Gasteiger partial charge in [-0.15, -0.1) is 0 Å². The van der Waals surface area contributed by atoms with Crippen LogP contribution in [-0.4, -0.2) is 41.9 Å². The molecule has 154 valence electrons. The normalized spacial score (nSPS) is 12.9. The minimum atomic E-state index is -4.06. The van der Waals surface area contributed by atoms with E-state index in [4.69, 9.17) is 9.26 Å². The van der Waals surface area contributed by atoms with Crippen LogP contribution >= 0.6 is 0 Å². The van der Waals surface area contributed by atoms with E-state index in [-0.39, 0.29) is 24.5 Å². The fraction of sp³-hybridized carbons (Fsp3) is 0.500. The Hall–Kier alpha value is -2.33. The molecule has 2 aromatic rings. The van der Waals surface area contributed by atoms with Crippen molar-refractivity contribution in [2.45, 2.75) is 51.5 Å². The Labute approximate surface area is 163 Å². The lowest BCUT2D eigenvalue weighted by Crippen LogP contribution is -2.31. The number of aryl methyl sites for hydroxylation is 1. The first-order chi connectivity index (χ1) is 13.2. The van der Waals surface area contributed by atoms with E-state index >= 15 is 0 Å². The Balaban J connectivity index is 2.24. The second-order valence-electron chi connectivity index (χ2n) is 6.08. The zero-order valence-corrected chi connectivity index (χ0v) is 17.1. The summed E-state index contributed by atoms with van der Waals surface area (Å²) in [6.07, 6.45) is 0.639. The zero-order chi connectivity index (χ0) is 20.9. The summed E-state index contributed by atoms with van der Waals surface area (Å²) in [5, 5.41) is 3.79. The highest BCUT2D eigenvalue weighted by molar-refractivity contribution is 7.89. The summed E-state index contributed by atoms with van der Waals surface area (Å²) in [5.41, 5.74) is -0.0905. The van der Waals surface area contributed by atoms with Crippen LogP contribution in [0.2, 0.25) is 0 Å². The molecule has 0 aliphatic heterocycles. The number of nitrogens with zero attached hydrogens (tertiary/aromatic N) is 3. The van der Waals surface area contributed by atoms with Crippen molar-refractivity contribution in [1.29, 1.82) is 0 Å². The molecule has 28 heavy (non-hydrogen) atoms. The van der Waals surface area contributed by atoms with E-state index in [0.717, 1.165) is 22.9 Å². The van der Waals surface area contributed by atoms with Crippen molar-refractivity contribution in [3.8, 4) is 0 Å². The molecule has 1 heterocycles. The van der Waals surface area contributed by atoms with Gasteiger partial charge in [0.1, 0.15) is 10.7 Å². The second kappa shape index (κ2) is 9.24. The van der Waals surface area contributed by atoms with E-state index in [1.54, 1.807) is 20.8 Å². The van der Waals surface area contributed by atoms with Gasteiger partial charge in [-0.3, -0.25) is 0 Å². The molecule has 0 saturated carbocycles. The summed E-state index contributed by atoms with van der Waals surface area (Å²) in [5.74, 6) is -1.11. The van der Waals surface area contributed by atoms with Crippen LogP contribution in [0.3, 0.4) is 0 Å². The standard InChI is InChI=1S/C18H24FN3O5S/c1-5-8-16-20-17(27-21-16)12(4)26-18(23)13-9-10-14(19)15(11-13)28(24,25)22(6-2)7-3/h9-12H,5-8H2,1-4H3. The van der Waals surface area contributed by atoms with Crippen molar-refractivity contribution in [3.63, 3.8) is 0 Å². The van der Waals surface area contributed by atoms with Crippen LogP contribution in [0.15, 0.2) is 27.6 Å². The second-order valence-corrected chi connectivity index (χ2v) is 7.99. The third-order valence-electron chi connectivity index (χ3n) is 4.08. The number of aromatic nitrogens is 2. The Morgan fingerprint density at radius 2 is 1.96 bits per heavy atom. The minimum absolute atomic E-state index is 0.0905. The first-order valence-electron chi connectivity index (χ1n) is 9.07. The van der Waals surface area contributed by atoms with Crippen molar-refractivity contribution in [3.05, 3.63) is 41.3 Å². The summed E-state index contributed by atoms with van der Waals surface area (Å²) in [6, 6.07) is 3.08. The quantitative estimate of drug-likeness (QED) is 0.582. The molecule has 0 fully saturated rings. The Morgan fingerprint density at radius 1 is 1.29 bits per heavy atom. The molecular weight excluding hydrogens is 389 g/mol. The molecule has 2 rings (SSSR count). The average molecular weight is 413 g/mol. The molecule has 1 aromatic carbocycles. The number of carbonyl (C=O) groups is 1. The van der Waals surface area contributed by atoms with Crippen molar-refractivity contribution in [2.75, 3.05) is 13.1 Å². The van der Waals surface area contributed by atoms with Gasteiger partial charge in [0.05, 0.1) is 5.56 Å². The molecule has 0 radical (unpaired) electrons. The van der Waals surface area contributed by atoms with Gasteiger partial charge in [-0.25, -0.2) is 17.6 Å². The van der Waals surface area contributed by atoms with Crippen LogP contribution in [0, 0.1) is 5.82 Å². The predicted molar refractivity (Wildman–Crippen MR) is 98.6 cm³/mol. The maximum Gasteiger partial charge on any atom is 0.338 e. The third-order valence-corrected chi connectivity index (χ3v) is 6.14. The summed E-state index contributed by atoms with van der Waals surface area (Å²) in [6.45, 7) is 7.18. The van der Waals surface area contributed by atoms with E-state index < -0.39 is 32.8 Å². The van der Waals surface area contributed by atoms with Gasteiger partial charge in [-0.2, -0.15) is 9.29 Å². The number of halogens is 1. The summed E-state index contributed by atoms with van der Waals surface area (Å²) < 4.78 is 50.8. The fourth-order valence-electron chi connectivity index (χ4n) is 2.57. The number of ether oxygens (including phenoxy) is 1. The predicted octanol–water partition coefficient (Wildman–Crippen LogP) is 3.11. The molecular formula is C18H24FN3O5S. The molecule has 1 aromatic heterocycles. The summed E-state index contributed by atoms with van der Waals surface area (Å²) in [7, 11) is -4.06. The topological polar surface area (TPSA) is 103 Å². The van der Waals surface area contributed by atoms with Crippen LogP contribution in [-0.2, 0) is 21.2 Å². The molecule has 8 nitrogen and oxygen atoms in total. The van der Waals surface area contributed by atoms with E-state index in [0.29, 0.717) is 12.2 Å². The lowest BCUT2D eigenvalue weighted by molar-refractivity contribution is 0.0265. The molecule has 0 spiro atoms. The molecule has 0 amide bonds. The van der Waals surface area contributed by atoms with Crippen LogP contribution in [0.5, 0.6) is 0 Å². The summed E-state index contributed by atoms with van der Waals surface area (Å²) >= 11 is 0. The number of benzene rings is 1. The number of carbonyl (C=O) groups excluding carboxylic acids is 1. The molecule has 0 N–H and O–H groups in total. The summed E-state index contributed by atoms with van der Waals surface area (Å²) in [4.78, 5) is 16.0. The van der Waals surface area contributed by atoms with E-state index in [1.807, 2.05) is 6.92 Å². The lowest BCUT2D eigenvalue weighted by Gasteiger charge is -2.19. The van der Waals surface area contributed by atoms with E-state index in [1.165, 1.54) is 6.07 Å². The van der Waals surface area contributed by atoms with Crippen molar-refractivity contribution < 1.29 is 26.9 Å². The number of esters is 1. The van der Waals surface area contributed by atoms with Crippen LogP contribution < -0.4 is 0 Å². The molecule has 0 bridgehead atoms. The first kappa shape index (κ1) is 22.0. The first-order valence-corrected chi connectivity index (χ1v) is 10.5. The maximum atomic E-state index is 14.2. The Bertz CT molecular complexity index is 925. The number of hydrogen-bond donors (Lipinski definition) is 0. The van der Waals surface area contributed by atoms with Gasteiger partial charge < -0.3 is 9.26 Å². The zero-order valence-electron chi connectivity index (χ0n) is 16.3. The van der Waals surface area contributed by atoms with E-state index in [2.05, 4.69) is 10.1 Å². The minimum Gasteiger partial charge on any atom is -0.449 e. The highest BCUT2D eigenvalue weighted by Crippen LogP contribution is 2.23. The Kier molecular flexibility index (Phi) is 7.25. The highest BCUT2D eigenvalue weighted by atomic mass is 32.2. The van der Waals surface area contributed by atoms with Gasteiger partial charge >= 0.3 is 5.97 Å². The van der Waals surface area contributed by atoms with Crippen LogP contribution in [0.4, 0.5) is 4.39 Å². The number of hydrogen-bond acceptors (Lipinski definition) is 7. The highest BCUT2D eigenvalue weighted by Gasteiger charge is 2.27. The number of rotatable bonds is 9. The van der Waals surface area contributed by atoms with Gasteiger partial charge in [-0.05, 0) is 31.5 Å². The van der Waals surface area contributed by atoms with Crippen LogP contribution in [0.25, 0.3) is 0 Å². The van der Waals surface area contributed by atoms with Gasteiger partial charge in [0.15, 0.2) is 11.9 Å². The average Bonchev–Trinajstić information content (AvgIpc) is 3.11. The van der Waals surface area contributed by atoms with E-state index in [9.17, 15) is 17.6 Å². The van der Waals surface area contributed by atoms with Gasteiger partial charge in [0.2, 0.25) is 10.0 Å². The fourth-order valence-corrected chi connectivity index (χ4v) is 4.12. The van der Waals surface area contributed by atoms with Gasteiger partial charge in [0.25, 0.3) is 5.89 Å². The van der Waals surface area contributed by atoms with Gasteiger partial charge in [0, 0.05) is 19.5 Å².